The van der Waals surface area contributed by atoms with Gasteiger partial charge in [-0.15, -0.1) is 0 Å². The van der Waals surface area contributed by atoms with E-state index in [4.69, 9.17) is 0 Å². The van der Waals surface area contributed by atoms with Gasteiger partial charge in [0, 0.05) is 18.0 Å². The van der Waals surface area contributed by atoms with Gasteiger partial charge in [-0.1, -0.05) is 18.2 Å². The predicted molar refractivity (Wildman–Crippen MR) is 81.4 cm³/mol. The summed E-state index contributed by atoms with van der Waals surface area (Å²) in [5, 5.41) is 0. The van der Waals surface area contributed by atoms with Crippen molar-refractivity contribution in [2.75, 3.05) is 6.54 Å². The highest BCUT2D eigenvalue weighted by Crippen LogP contribution is 2.35. The van der Waals surface area contributed by atoms with Crippen LogP contribution in [-0.4, -0.2) is 32.9 Å². The molecule has 0 radical (unpaired) electrons. The van der Waals surface area contributed by atoms with Crippen LogP contribution in [0.5, 0.6) is 0 Å². The lowest BCUT2D eigenvalue weighted by Gasteiger charge is -2.28. The van der Waals surface area contributed by atoms with Gasteiger partial charge in [-0.05, 0) is 26.0 Å². The Labute approximate surface area is 123 Å². The van der Waals surface area contributed by atoms with E-state index in [9.17, 15) is 4.79 Å². The number of hydrogen-bond donors (Lipinski definition) is 0. The van der Waals surface area contributed by atoms with Gasteiger partial charge in [0.05, 0.1) is 6.54 Å². The first kappa shape index (κ1) is 13.5. The van der Waals surface area contributed by atoms with Gasteiger partial charge in [0.1, 0.15) is 12.0 Å². The van der Waals surface area contributed by atoms with Crippen LogP contribution in [0.2, 0.25) is 0 Å². The van der Waals surface area contributed by atoms with Gasteiger partial charge in [-0.2, -0.15) is 4.48 Å². The topological polar surface area (TPSA) is 47.2 Å². The third kappa shape index (κ3) is 2.02. The van der Waals surface area contributed by atoms with E-state index in [0.29, 0.717) is 6.54 Å². The number of nitrogens with zero attached hydrogens (tertiary/aromatic N) is 4. The third-order valence-corrected chi connectivity index (χ3v) is 3.80. The number of aliphatic imine (C=N–C) groups is 1. The minimum Gasteiger partial charge on any atom is -0.245 e. The maximum absolute atomic E-state index is 13.0. The van der Waals surface area contributed by atoms with Crippen LogP contribution in [0.15, 0.2) is 59.7 Å². The van der Waals surface area contributed by atoms with Crippen molar-refractivity contribution in [1.82, 2.24) is 9.55 Å². The minimum absolute atomic E-state index is 0.0746. The molecule has 1 aromatic carbocycles. The summed E-state index contributed by atoms with van der Waals surface area (Å²) in [7, 11) is 0. The number of aromatic nitrogens is 2. The number of allylic oxidation sites excluding steroid dienone is 1. The number of hydrogen-bond acceptors (Lipinski definition) is 3. The molecular weight excluding hydrogens is 264 g/mol. The second-order valence-electron chi connectivity index (χ2n) is 4.98. The van der Waals surface area contributed by atoms with E-state index in [1.165, 1.54) is 10.9 Å². The maximum atomic E-state index is 13.0. The first-order valence-corrected chi connectivity index (χ1v) is 6.92. The molecule has 1 unspecified atom stereocenters. The highest BCUT2D eigenvalue weighted by molar-refractivity contribution is 5.89. The zero-order valence-corrected chi connectivity index (χ0v) is 12.1. The largest absolute Gasteiger partial charge is 0.439 e. The standard InChI is InChI=1S/C16H17N4O/c1-3-20(16(21)19-10-9-17-11-19)12-18-13(2)15(20)14-7-5-4-6-8-14/h4-12H,3H2,1-2H3/q+1. The van der Waals surface area contributed by atoms with Gasteiger partial charge in [-0.25, -0.2) is 19.3 Å². The average molecular weight is 281 g/mol. The Morgan fingerprint density at radius 1 is 1.29 bits per heavy atom. The molecule has 1 amide bonds. The van der Waals surface area contributed by atoms with Crippen LogP contribution in [0.1, 0.15) is 19.4 Å². The van der Waals surface area contributed by atoms with E-state index in [-0.39, 0.29) is 10.5 Å². The lowest BCUT2D eigenvalue weighted by Crippen LogP contribution is -2.50. The smallest absolute Gasteiger partial charge is 0.245 e. The van der Waals surface area contributed by atoms with Crippen molar-refractivity contribution in [3.63, 3.8) is 0 Å². The molecule has 5 nitrogen and oxygen atoms in total. The van der Waals surface area contributed by atoms with E-state index in [2.05, 4.69) is 9.98 Å². The van der Waals surface area contributed by atoms with Crippen LogP contribution >= 0.6 is 0 Å². The van der Waals surface area contributed by atoms with E-state index in [0.717, 1.165) is 17.0 Å². The molecule has 1 aliphatic heterocycles. The summed E-state index contributed by atoms with van der Waals surface area (Å²) in [6.07, 6.45) is 6.53. The van der Waals surface area contributed by atoms with E-state index in [1.807, 2.05) is 44.2 Å². The van der Waals surface area contributed by atoms with Crippen molar-refractivity contribution in [3.8, 4) is 0 Å². The molecule has 2 aromatic rings. The van der Waals surface area contributed by atoms with Gasteiger partial charge in [0.15, 0.2) is 5.70 Å². The molecule has 0 saturated carbocycles. The lowest BCUT2D eigenvalue weighted by molar-refractivity contribution is -0.666. The van der Waals surface area contributed by atoms with E-state index in [1.54, 1.807) is 18.7 Å². The molecule has 0 bridgehead atoms. The molecule has 1 aromatic heterocycles. The highest BCUT2D eigenvalue weighted by atomic mass is 16.2. The lowest BCUT2D eigenvalue weighted by atomic mass is 10.1. The van der Waals surface area contributed by atoms with Gasteiger partial charge >= 0.3 is 6.03 Å². The number of carbonyl (C=O) groups excluding carboxylic acids is 1. The molecule has 0 spiro atoms. The summed E-state index contributed by atoms with van der Waals surface area (Å²) in [5.74, 6) is 0. The molecule has 1 aliphatic rings. The van der Waals surface area contributed by atoms with Crippen molar-refractivity contribution < 1.29 is 9.28 Å². The number of carbonyl (C=O) groups is 1. The molecule has 0 fully saturated rings. The van der Waals surface area contributed by atoms with Crippen LogP contribution in [0.3, 0.4) is 0 Å². The van der Waals surface area contributed by atoms with Crippen LogP contribution < -0.4 is 0 Å². The summed E-state index contributed by atoms with van der Waals surface area (Å²) in [6, 6.07) is 9.86. The van der Waals surface area contributed by atoms with Crippen LogP contribution in [0.4, 0.5) is 4.79 Å². The van der Waals surface area contributed by atoms with Crippen molar-refractivity contribution in [2.45, 2.75) is 13.8 Å². The number of imidazole rings is 1. The first-order chi connectivity index (χ1) is 10.2. The normalized spacial score (nSPS) is 21.0. The van der Waals surface area contributed by atoms with Crippen molar-refractivity contribution >= 4 is 18.1 Å². The summed E-state index contributed by atoms with van der Waals surface area (Å²) >= 11 is 0. The molecule has 21 heavy (non-hydrogen) atoms. The Balaban J connectivity index is 2.14. The highest BCUT2D eigenvalue weighted by Gasteiger charge is 2.45. The van der Waals surface area contributed by atoms with Crippen LogP contribution in [0.25, 0.3) is 5.70 Å². The van der Waals surface area contributed by atoms with E-state index < -0.39 is 0 Å². The van der Waals surface area contributed by atoms with Crippen LogP contribution in [-0.2, 0) is 0 Å². The number of benzene rings is 1. The monoisotopic (exact) mass is 281 g/mol. The van der Waals surface area contributed by atoms with E-state index >= 15 is 0 Å². The molecule has 3 rings (SSSR count). The summed E-state index contributed by atoms with van der Waals surface area (Å²) in [6.45, 7) is 4.53. The Hall–Kier alpha value is -2.53. The van der Waals surface area contributed by atoms with Gasteiger partial charge < -0.3 is 0 Å². The molecule has 0 aliphatic carbocycles. The predicted octanol–water partition coefficient (Wildman–Crippen LogP) is 3.12. The quantitative estimate of drug-likeness (QED) is 0.794. The molecule has 0 N–H and O–H groups in total. The number of rotatable bonds is 2. The summed E-state index contributed by atoms with van der Waals surface area (Å²) in [5.41, 5.74) is 2.82. The Morgan fingerprint density at radius 3 is 2.67 bits per heavy atom. The van der Waals surface area contributed by atoms with Crippen molar-refractivity contribution in [2.24, 2.45) is 4.99 Å². The third-order valence-electron chi connectivity index (χ3n) is 3.80. The Bertz CT molecular complexity index is 716. The molecule has 5 heteroatoms. The minimum atomic E-state index is -0.0746. The van der Waals surface area contributed by atoms with Crippen molar-refractivity contribution in [1.29, 1.82) is 0 Å². The number of amides is 1. The molecule has 0 saturated heterocycles. The molecule has 2 heterocycles. The first-order valence-electron chi connectivity index (χ1n) is 6.92. The molecule has 106 valence electrons. The zero-order valence-electron chi connectivity index (χ0n) is 12.1. The summed E-state index contributed by atoms with van der Waals surface area (Å²) < 4.78 is 1.59. The van der Waals surface area contributed by atoms with Gasteiger partial charge in [0.25, 0.3) is 0 Å². The second kappa shape index (κ2) is 5.10. The Kier molecular flexibility index (Phi) is 3.27. The fourth-order valence-corrected chi connectivity index (χ4v) is 2.73. The average Bonchev–Trinajstić information content (AvgIpc) is 3.15. The SMILES string of the molecule is CC[N+]1(C(=O)n2ccnc2)C=NC(C)=C1c1ccccc1. The fourth-order valence-electron chi connectivity index (χ4n) is 2.73. The summed E-state index contributed by atoms with van der Waals surface area (Å²) in [4.78, 5) is 21.4. The van der Waals surface area contributed by atoms with Crippen LogP contribution in [0, 0.1) is 0 Å². The fraction of sp³-hybridized carbons (Fsp3) is 0.188. The van der Waals surface area contributed by atoms with Gasteiger partial charge in [0.2, 0.25) is 6.34 Å². The molecular formula is C16H17N4O+. The zero-order chi connectivity index (χ0) is 14.9. The maximum Gasteiger partial charge on any atom is 0.439 e. The molecule has 1 atom stereocenters. The van der Waals surface area contributed by atoms with Crippen molar-refractivity contribution in [3.05, 3.63) is 60.3 Å². The van der Waals surface area contributed by atoms with Gasteiger partial charge in [-0.3, -0.25) is 0 Å². The number of quaternary nitrogens is 1. The Morgan fingerprint density at radius 2 is 2.05 bits per heavy atom. The second-order valence-corrected chi connectivity index (χ2v) is 4.98.